The SMILES string of the molecule is CCCCCCNC(=O)c1c(-c2ccc(-c3cccc(C(F)(F)F)c3)o2)noc1N. The number of benzene rings is 1. The maximum Gasteiger partial charge on any atom is 0.416 e. The quantitative estimate of drug-likeness (QED) is 0.468. The highest BCUT2D eigenvalue weighted by atomic mass is 19.4. The number of rotatable bonds is 8. The highest BCUT2D eigenvalue weighted by molar-refractivity contribution is 6.03. The number of unbranched alkanes of at least 4 members (excludes halogenated alkanes) is 3. The van der Waals surface area contributed by atoms with E-state index in [0.717, 1.165) is 37.8 Å². The first-order valence-electron chi connectivity index (χ1n) is 9.62. The van der Waals surface area contributed by atoms with Crippen LogP contribution < -0.4 is 11.1 Å². The van der Waals surface area contributed by atoms with Gasteiger partial charge in [0.05, 0.1) is 5.56 Å². The van der Waals surface area contributed by atoms with E-state index in [1.807, 2.05) is 0 Å². The predicted molar refractivity (Wildman–Crippen MR) is 106 cm³/mol. The molecule has 3 aromatic rings. The van der Waals surface area contributed by atoms with Crippen LogP contribution in [0.5, 0.6) is 0 Å². The van der Waals surface area contributed by atoms with Crippen molar-refractivity contribution in [1.82, 2.24) is 10.5 Å². The number of nitrogen functional groups attached to an aromatic ring is 1. The second-order valence-corrected chi connectivity index (χ2v) is 6.83. The standard InChI is InChI=1S/C21H22F3N3O3/c1-2-3-4-5-11-26-20(28)17-18(27-30-19(17)25)16-10-9-15(29-16)13-7-6-8-14(12-13)21(22,23)24/h6-10,12H,2-5,11,25H2,1H3,(H,26,28). The maximum atomic E-state index is 13.0. The number of nitrogens with zero attached hydrogens (tertiary/aromatic N) is 1. The molecule has 0 unspecified atom stereocenters. The summed E-state index contributed by atoms with van der Waals surface area (Å²) in [7, 11) is 0. The van der Waals surface area contributed by atoms with Crippen molar-refractivity contribution in [2.24, 2.45) is 0 Å². The first-order chi connectivity index (χ1) is 14.3. The van der Waals surface area contributed by atoms with E-state index in [1.165, 1.54) is 24.3 Å². The van der Waals surface area contributed by atoms with Crippen LogP contribution in [0.25, 0.3) is 22.8 Å². The Hall–Kier alpha value is -3.23. The summed E-state index contributed by atoms with van der Waals surface area (Å²) in [5.41, 5.74) is 5.35. The Bertz CT molecular complexity index is 1010. The van der Waals surface area contributed by atoms with E-state index in [0.29, 0.717) is 6.54 Å². The summed E-state index contributed by atoms with van der Waals surface area (Å²) in [6.45, 7) is 2.58. The predicted octanol–water partition coefficient (Wildman–Crippen LogP) is 5.51. The molecule has 0 saturated heterocycles. The van der Waals surface area contributed by atoms with Crippen LogP contribution in [0.1, 0.15) is 48.5 Å². The van der Waals surface area contributed by atoms with Crippen LogP contribution in [0.3, 0.4) is 0 Å². The van der Waals surface area contributed by atoms with E-state index >= 15 is 0 Å². The molecular weight excluding hydrogens is 399 g/mol. The van der Waals surface area contributed by atoms with Gasteiger partial charge in [-0.05, 0) is 30.7 Å². The number of alkyl halides is 3. The molecule has 0 aliphatic carbocycles. The fourth-order valence-corrected chi connectivity index (χ4v) is 3.00. The van der Waals surface area contributed by atoms with Gasteiger partial charge in [-0.2, -0.15) is 13.2 Å². The molecule has 160 valence electrons. The molecule has 0 saturated carbocycles. The lowest BCUT2D eigenvalue weighted by Crippen LogP contribution is -2.25. The Morgan fingerprint density at radius 2 is 1.90 bits per heavy atom. The average Bonchev–Trinajstić information content (AvgIpc) is 3.34. The first kappa shape index (κ1) is 21.5. The lowest BCUT2D eigenvalue weighted by atomic mass is 10.1. The minimum absolute atomic E-state index is 0.0374. The van der Waals surface area contributed by atoms with Crippen molar-refractivity contribution >= 4 is 11.8 Å². The molecule has 0 spiro atoms. The molecule has 0 aliphatic heterocycles. The van der Waals surface area contributed by atoms with Gasteiger partial charge < -0.3 is 20.0 Å². The van der Waals surface area contributed by atoms with Crippen molar-refractivity contribution in [1.29, 1.82) is 0 Å². The van der Waals surface area contributed by atoms with Crippen LogP contribution in [-0.4, -0.2) is 17.6 Å². The number of carbonyl (C=O) groups is 1. The van der Waals surface area contributed by atoms with Gasteiger partial charge in [0.25, 0.3) is 5.91 Å². The second kappa shape index (κ2) is 9.06. The van der Waals surface area contributed by atoms with E-state index in [1.54, 1.807) is 0 Å². The van der Waals surface area contributed by atoms with E-state index < -0.39 is 17.6 Å². The number of nitrogens with two attached hydrogens (primary N) is 1. The van der Waals surface area contributed by atoms with Gasteiger partial charge in [-0.25, -0.2) is 0 Å². The molecule has 6 nitrogen and oxygen atoms in total. The molecular formula is C21H22F3N3O3. The first-order valence-corrected chi connectivity index (χ1v) is 9.62. The summed E-state index contributed by atoms with van der Waals surface area (Å²) in [4.78, 5) is 12.5. The Kier molecular flexibility index (Phi) is 6.49. The zero-order chi connectivity index (χ0) is 21.7. The minimum atomic E-state index is -4.46. The number of carbonyl (C=O) groups excluding carboxylic acids is 1. The smallest absolute Gasteiger partial charge is 0.416 e. The maximum absolute atomic E-state index is 13.0. The molecule has 0 fully saturated rings. The Labute approximate surface area is 171 Å². The molecule has 2 aromatic heterocycles. The normalized spacial score (nSPS) is 11.6. The van der Waals surface area contributed by atoms with Gasteiger partial charge in [-0.3, -0.25) is 4.79 Å². The number of amides is 1. The molecule has 0 aliphatic rings. The van der Waals surface area contributed by atoms with Gasteiger partial charge in [0.1, 0.15) is 11.3 Å². The number of hydrogen-bond acceptors (Lipinski definition) is 5. The van der Waals surface area contributed by atoms with Crippen LogP contribution in [0.4, 0.5) is 19.1 Å². The average molecular weight is 421 g/mol. The van der Waals surface area contributed by atoms with Gasteiger partial charge in [-0.1, -0.05) is 43.5 Å². The van der Waals surface area contributed by atoms with Crippen molar-refractivity contribution < 1.29 is 26.9 Å². The minimum Gasteiger partial charge on any atom is -0.454 e. The van der Waals surface area contributed by atoms with Crippen molar-refractivity contribution in [3.05, 3.63) is 47.5 Å². The Morgan fingerprint density at radius 3 is 2.63 bits per heavy atom. The van der Waals surface area contributed by atoms with Gasteiger partial charge in [0.15, 0.2) is 11.5 Å². The Morgan fingerprint density at radius 1 is 1.13 bits per heavy atom. The molecule has 9 heteroatoms. The lowest BCUT2D eigenvalue weighted by molar-refractivity contribution is -0.137. The summed E-state index contributed by atoms with van der Waals surface area (Å²) in [6, 6.07) is 7.77. The molecule has 3 rings (SSSR count). The van der Waals surface area contributed by atoms with Crippen molar-refractivity contribution in [3.63, 3.8) is 0 Å². The van der Waals surface area contributed by atoms with Gasteiger partial charge in [0, 0.05) is 12.1 Å². The third kappa shape index (κ3) is 4.84. The van der Waals surface area contributed by atoms with Gasteiger partial charge in [0.2, 0.25) is 5.88 Å². The molecule has 2 heterocycles. The molecule has 1 aromatic carbocycles. The summed E-state index contributed by atoms with van der Waals surface area (Å²) in [6.07, 6.45) is -0.457. The highest BCUT2D eigenvalue weighted by Gasteiger charge is 2.31. The number of anilines is 1. The van der Waals surface area contributed by atoms with Crippen molar-refractivity contribution in [2.75, 3.05) is 12.3 Å². The third-order valence-corrected chi connectivity index (χ3v) is 4.58. The summed E-state index contributed by atoms with van der Waals surface area (Å²) in [5, 5.41) is 6.57. The molecule has 0 radical (unpaired) electrons. The highest BCUT2D eigenvalue weighted by Crippen LogP contribution is 2.35. The topological polar surface area (TPSA) is 94.3 Å². The fraction of sp³-hybridized carbons (Fsp3) is 0.333. The summed E-state index contributed by atoms with van der Waals surface area (Å²) < 4.78 is 49.5. The van der Waals surface area contributed by atoms with Crippen LogP contribution in [0.2, 0.25) is 0 Å². The number of furan rings is 1. The molecule has 1 amide bonds. The van der Waals surface area contributed by atoms with Crippen LogP contribution in [0, 0.1) is 0 Å². The van der Waals surface area contributed by atoms with E-state index in [2.05, 4.69) is 17.4 Å². The van der Waals surface area contributed by atoms with Crippen molar-refractivity contribution in [3.8, 4) is 22.8 Å². The van der Waals surface area contributed by atoms with E-state index in [9.17, 15) is 18.0 Å². The molecule has 3 N–H and O–H groups in total. The molecule has 0 bridgehead atoms. The number of nitrogens with one attached hydrogen (secondary N) is 1. The second-order valence-electron chi connectivity index (χ2n) is 6.83. The zero-order valence-corrected chi connectivity index (χ0v) is 16.4. The van der Waals surface area contributed by atoms with Crippen LogP contribution in [0.15, 0.2) is 45.3 Å². The van der Waals surface area contributed by atoms with Crippen molar-refractivity contribution in [2.45, 2.75) is 38.8 Å². The third-order valence-electron chi connectivity index (χ3n) is 4.58. The Balaban J connectivity index is 1.80. The number of halogens is 3. The van der Waals surface area contributed by atoms with Gasteiger partial charge >= 0.3 is 6.18 Å². The van der Waals surface area contributed by atoms with E-state index in [4.69, 9.17) is 14.7 Å². The number of aromatic nitrogens is 1. The van der Waals surface area contributed by atoms with E-state index in [-0.39, 0.29) is 34.2 Å². The van der Waals surface area contributed by atoms with Crippen LogP contribution in [-0.2, 0) is 6.18 Å². The summed E-state index contributed by atoms with van der Waals surface area (Å²) >= 11 is 0. The summed E-state index contributed by atoms with van der Waals surface area (Å²) in [5.74, 6) is -0.243. The largest absolute Gasteiger partial charge is 0.454 e. The molecule has 0 atom stereocenters. The van der Waals surface area contributed by atoms with Crippen LogP contribution >= 0.6 is 0 Å². The lowest BCUT2D eigenvalue weighted by Gasteiger charge is -2.07. The number of hydrogen-bond donors (Lipinski definition) is 2. The zero-order valence-electron chi connectivity index (χ0n) is 16.4. The van der Waals surface area contributed by atoms with Gasteiger partial charge in [-0.15, -0.1) is 0 Å². The molecule has 30 heavy (non-hydrogen) atoms. The monoisotopic (exact) mass is 421 g/mol. The fourth-order valence-electron chi connectivity index (χ4n) is 3.00.